The third-order valence-electron chi connectivity index (χ3n) is 1.82. The molecule has 0 aliphatic heterocycles. The van der Waals surface area contributed by atoms with Crippen LogP contribution in [0.5, 0.6) is 0 Å². The first-order valence-corrected chi connectivity index (χ1v) is 4.23. The molecule has 1 atom stereocenters. The normalized spacial score (nSPS) is 12.4. The second-order valence-electron chi connectivity index (χ2n) is 3.05. The molecule has 4 heteroatoms. The number of carbonyl (C=O) groups is 1. The van der Waals surface area contributed by atoms with Gasteiger partial charge in [-0.2, -0.15) is 0 Å². The molecule has 3 nitrogen and oxygen atoms in total. The quantitative estimate of drug-likeness (QED) is 0.764. The summed E-state index contributed by atoms with van der Waals surface area (Å²) in [6.07, 6.45) is -1.38. The Labute approximate surface area is 80.8 Å². The first-order valence-electron chi connectivity index (χ1n) is 4.23. The lowest BCUT2D eigenvalue weighted by atomic mass is 10.1. The summed E-state index contributed by atoms with van der Waals surface area (Å²) < 4.78 is 13.0. The molecule has 0 radical (unpaired) electrons. The molecular weight excluding hydrogens is 187 g/mol. The van der Waals surface area contributed by atoms with Crippen molar-refractivity contribution in [1.82, 2.24) is 0 Å². The minimum Gasteiger partial charge on any atom is -0.481 e. The van der Waals surface area contributed by atoms with Crippen LogP contribution in [0.15, 0.2) is 24.3 Å². The number of aliphatic carboxylic acids is 1. The number of hydrogen-bond donors (Lipinski definition) is 2. The zero-order chi connectivity index (χ0) is 10.6. The second kappa shape index (κ2) is 4.72. The Balaban J connectivity index is 2.60. The molecule has 0 aromatic heterocycles. The van der Waals surface area contributed by atoms with E-state index in [9.17, 15) is 14.3 Å². The van der Waals surface area contributed by atoms with Gasteiger partial charge < -0.3 is 10.2 Å². The summed E-state index contributed by atoms with van der Waals surface area (Å²) in [6, 6.07) is 6.00. The molecule has 1 rings (SSSR count). The maximum Gasteiger partial charge on any atom is 0.305 e. The van der Waals surface area contributed by atoms with Gasteiger partial charge in [0, 0.05) is 6.42 Å². The van der Waals surface area contributed by atoms with Crippen LogP contribution in [0.25, 0.3) is 0 Å². The van der Waals surface area contributed by atoms with Gasteiger partial charge in [-0.1, -0.05) is 18.2 Å². The van der Waals surface area contributed by atoms with Crippen LogP contribution in [0.4, 0.5) is 4.39 Å². The van der Waals surface area contributed by atoms with E-state index < -0.39 is 17.9 Å². The van der Waals surface area contributed by atoms with Crippen molar-refractivity contribution >= 4 is 5.97 Å². The molecule has 14 heavy (non-hydrogen) atoms. The Morgan fingerprint density at radius 1 is 1.43 bits per heavy atom. The van der Waals surface area contributed by atoms with Crippen LogP contribution in [0.1, 0.15) is 12.0 Å². The Hall–Kier alpha value is -1.42. The minimum absolute atomic E-state index is 0.0268. The van der Waals surface area contributed by atoms with Gasteiger partial charge >= 0.3 is 5.97 Å². The molecular formula is C10H11FO3. The van der Waals surface area contributed by atoms with Gasteiger partial charge in [0.05, 0.1) is 12.5 Å². The van der Waals surface area contributed by atoms with E-state index in [1.165, 1.54) is 12.1 Å². The van der Waals surface area contributed by atoms with Crippen molar-refractivity contribution < 1.29 is 19.4 Å². The van der Waals surface area contributed by atoms with Gasteiger partial charge in [0.2, 0.25) is 0 Å². The number of aliphatic hydroxyl groups is 1. The largest absolute Gasteiger partial charge is 0.481 e. The number of benzene rings is 1. The predicted molar refractivity (Wildman–Crippen MR) is 48.4 cm³/mol. The van der Waals surface area contributed by atoms with Crippen molar-refractivity contribution in [1.29, 1.82) is 0 Å². The molecule has 0 heterocycles. The van der Waals surface area contributed by atoms with E-state index in [1.54, 1.807) is 12.1 Å². The number of aliphatic hydroxyl groups excluding tert-OH is 1. The average Bonchev–Trinajstić information content (AvgIpc) is 2.07. The standard InChI is InChI=1S/C10H11FO3/c11-9-4-2-1-3-7(9)5-8(12)6-10(13)14/h1-4,8,12H,5-6H2,(H,13,14). The molecule has 0 bridgehead atoms. The van der Waals surface area contributed by atoms with Gasteiger partial charge in [-0.05, 0) is 11.6 Å². The molecule has 0 spiro atoms. The lowest BCUT2D eigenvalue weighted by Gasteiger charge is -2.08. The van der Waals surface area contributed by atoms with E-state index in [0.29, 0.717) is 5.56 Å². The summed E-state index contributed by atoms with van der Waals surface area (Å²) in [4.78, 5) is 10.2. The SMILES string of the molecule is O=C(O)CC(O)Cc1ccccc1F. The highest BCUT2D eigenvalue weighted by Gasteiger charge is 2.12. The lowest BCUT2D eigenvalue weighted by molar-refractivity contribution is -0.139. The number of carboxylic acid groups (broad SMARTS) is 1. The van der Waals surface area contributed by atoms with Crippen LogP contribution in [0.2, 0.25) is 0 Å². The highest BCUT2D eigenvalue weighted by molar-refractivity contribution is 5.67. The van der Waals surface area contributed by atoms with Gasteiger partial charge in [-0.15, -0.1) is 0 Å². The predicted octanol–water partition coefficient (Wildman–Crippen LogP) is 1.20. The third kappa shape index (κ3) is 3.14. The molecule has 1 unspecified atom stereocenters. The molecule has 0 fully saturated rings. The third-order valence-corrected chi connectivity index (χ3v) is 1.82. The van der Waals surface area contributed by atoms with Crippen molar-refractivity contribution in [2.75, 3.05) is 0 Å². The fraction of sp³-hybridized carbons (Fsp3) is 0.300. The summed E-state index contributed by atoms with van der Waals surface area (Å²) in [5.74, 6) is -1.51. The smallest absolute Gasteiger partial charge is 0.305 e. The van der Waals surface area contributed by atoms with Gasteiger partial charge in [0.25, 0.3) is 0 Å². The van der Waals surface area contributed by atoms with Crippen molar-refractivity contribution in [3.63, 3.8) is 0 Å². The van der Waals surface area contributed by atoms with Crippen LogP contribution < -0.4 is 0 Å². The highest BCUT2D eigenvalue weighted by Crippen LogP contribution is 2.10. The van der Waals surface area contributed by atoms with E-state index in [4.69, 9.17) is 5.11 Å². The highest BCUT2D eigenvalue weighted by atomic mass is 19.1. The molecule has 0 amide bonds. The second-order valence-corrected chi connectivity index (χ2v) is 3.05. The van der Waals surface area contributed by atoms with Crippen molar-refractivity contribution in [3.8, 4) is 0 Å². The van der Waals surface area contributed by atoms with E-state index in [-0.39, 0.29) is 12.8 Å². The summed E-state index contributed by atoms with van der Waals surface area (Å²) >= 11 is 0. The first-order chi connectivity index (χ1) is 6.59. The van der Waals surface area contributed by atoms with E-state index >= 15 is 0 Å². The summed E-state index contributed by atoms with van der Waals surface area (Å²) in [5.41, 5.74) is 0.334. The maximum atomic E-state index is 13.0. The summed E-state index contributed by atoms with van der Waals surface area (Å²) in [7, 11) is 0. The Morgan fingerprint density at radius 2 is 2.07 bits per heavy atom. The molecule has 0 aliphatic carbocycles. The van der Waals surface area contributed by atoms with E-state index in [1.807, 2.05) is 0 Å². The van der Waals surface area contributed by atoms with Crippen molar-refractivity contribution in [2.45, 2.75) is 18.9 Å². The van der Waals surface area contributed by atoms with Crippen molar-refractivity contribution in [2.24, 2.45) is 0 Å². The maximum absolute atomic E-state index is 13.0. The molecule has 0 aliphatic rings. The summed E-state index contributed by atoms with van der Waals surface area (Å²) in [5, 5.41) is 17.6. The Morgan fingerprint density at radius 3 is 2.64 bits per heavy atom. The molecule has 2 N–H and O–H groups in total. The number of halogens is 1. The lowest BCUT2D eigenvalue weighted by Crippen LogP contribution is -2.16. The van der Waals surface area contributed by atoms with E-state index in [2.05, 4.69) is 0 Å². The van der Waals surface area contributed by atoms with Gasteiger partial charge in [0.15, 0.2) is 0 Å². The van der Waals surface area contributed by atoms with Gasteiger partial charge in [-0.25, -0.2) is 4.39 Å². The molecule has 0 saturated carbocycles. The van der Waals surface area contributed by atoms with Crippen LogP contribution in [0.3, 0.4) is 0 Å². The first kappa shape index (κ1) is 10.7. The van der Waals surface area contributed by atoms with Crippen LogP contribution in [-0.2, 0) is 11.2 Å². The number of rotatable bonds is 4. The van der Waals surface area contributed by atoms with Crippen LogP contribution in [0, 0.1) is 5.82 Å². The molecule has 0 saturated heterocycles. The fourth-order valence-electron chi connectivity index (χ4n) is 1.19. The number of hydrogen-bond acceptors (Lipinski definition) is 2. The topological polar surface area (TPSA) is 57.5 Å². The molecule has 1 aromatic carbocycles. The Bertz CT molecular complexity index is 325. The van der Waals surface area contributed by atoms with Crippen molar-refractivity contribution in [3.05, 3.63) is 35.6 Å². The monoisotopic (exact) mass is 198 g/mol. The van der Waals surface area contributed by atoms with Gasteiger partial charge in [0.1, 0.15) is 5.82 Å². The van der Waals surface area contributed by atoms with E-state index in [0.717, 1.165) is 0 Å². The Kier molecular flexibility index (Phi) is 3.59. The number of carboxylic acids is 1. The van der Waals surface area contributed by atoms with Gasteiger partial charge in [-0.3, -0.25) is 4.79 Å². The van der Waals surface area contributed by atoms with Crippen LogP contribution in [-0.4, -0.2) is 22.3 Å². The zero-order valence-electron chi connectivity index (χ0n) is 7.48. The average molecular weight is 198 g/mol. The van der Waals surface area contributed by atoms with Crippen LogP contribution >= 0.6 is 0 Å². The zero-order valence-corrected chi connectivity index (χ0v) is 7.48. The fourth-order valence-corrected chi connectivity index (χ4v) is 1.19. The molecule has 1 aromatic rings. The minimum atomic E-state index is -1.09. The summed E-state index contributed by atoms with van der Waals surface area (Å²) in [6.45, 7) is 0. The molecule has 76 valence electrons.